The first kappa shape index (κ1) is 12.7. The molecule has 0 saturated carbocycles. The van der Waals surface area contributed by atoms with Crippen LogP contribution in [0.2, 0.25) is 0 Å². The van der Waals surface area contributed by atoms with Crippen LogP contribution in [-0.2, 0) is 14.8 Å². The van der Waals surface area contributed by atoms with Gasteiger partial charge in [-0.25, -0.2) is 12.7 Å². The summed E-state index contributed by atoms with van der Waals surface area (Å²) in [6.45, 7) is 3.01. The zero-order valence-electron chi connectivity index (χ0n) is 9.38. The number of para-hydroxylation sites is 1. The number of rotatable bonds is 4. The quantitative estimate of drug-likeness (QED) is 0.807. The average Bonchev–Trinajstić information content (AvgIpc) is 2.17. The summed E-state index contributed by atoms with van der Waals surface area (Å²) in [4.78, 5) is 11.4. The first-order valence-corrected chi connectivity index (χ1v) is 6.68. The summed E-state index contributed by atoms with van der Waals surface area (Å²) >= 11 is 0. The summed E-state index contributed by atoms with van der Waals surface area (Å²) in [7, 11) is -3.54. The third kappa shape index (κ3) is 2.82. The van der Waals surface area contributed by atoms with Gasteiger partial charge in [-0.2, -0.15) is 0 Å². The lowest BCUT2D eigenvalue weighted by molar-refractivity contribution is -0.115. The zero-order valence-corrected chi connectivity index (χ0v) is 10.2. The molecule has 0 aromatic heterocycles. The van der Waals surface area contributed by atoms with Crippen molar-refractivity contribution >= 4 is 21.6 Å². The van der Waals surface area contributed by atoms with Crippen LogP contribution < -0.4 is 4.31 Å². The number of benzene rings is 1. The summed E-state index contributed by atoms with van der Waals surface area (Å²) in [5.41, 5.74) is 0.392. The van der Waals surface area contributed by atoms with Gasteiger partial charge < -0.3 is 0 Å². The first-order chi connectivity index (χ1) is 7.49. The summed E-state index contributed by atoms with van der Waals surface area (Å²) in [5, 5.41) is 0. The van der Waals surface area contributed by atoms with Crippen molar-refractivity contribution in [3.05, 3.63) is 30.3 Å². The van der Waals surface area contributed by atoms with Gasteiger partial charge in [0.1, 0.15) is 0 Å². The van der Waals surface area contributed by atoms with Crippen LogP contribution in [0.25, 0.3) is 0 Å². The number of sulfonamides is 1. The molecule has 0 bridgehead atoms. The van der Waals surface area contributed by atoms with Gasteiger partial charge in [0.2, 0.25) is 15.9 Å². The van der Waals surface area contributed by atoms with E-state index in [2.05, 4.69) is 0 Å². The monoisotopic (exact) mass is 241 g/mol. The SMILES string of the molecule is CCCS(=O)(=O)N(C(C)=O)c1ccccc1. The van der Waals surface area contributed by atoms with Gasteiger partial charge in [-0.15, -0.1) is 0 Å². The second kappa shape index (κ2) is 5.12. The van der Waals surface area contributed by atoms with Gasteiger partial charge in [0.15, 0.2) is 0 Å². The molecule has 0 radical (unpaired) electrons. The molecule has 0 atom stereocenters. The van der Waals surface area contributed by atoms with E-state index < -0.39 is 15.9 Å². The Bertz CT molecular complexity index is 453. The predicted octanol–water partition coefficient (Wildman–Crippen LogP) is 1.78. The van der Waals surface area contributed by atoms with Crippen LogP contribution in [0.4, 0.5) is 5.69 Å². The molecule has 0 aliphatic carbocycles. The van der Waals surface area contributed by atoms with Crippen molar-refractivity contribution < 1.29 is 13.2 Å². The number of nitrogens with zero attached hydrogens (tertiary/aromatic N) is 1. The predicted molar refractivity (Wildman–Crippen MR) is 63.7 cm³/mol. The highest BCUT2D eigenvalue weighted by atomic mass is 32.2. The Morgan fingerprint density at radius 1 is 1.25 bits per heavy atom. The van der Waals surface area contributed by atoms with Gasteiger partial charge in [0.25, 0.3) is 0 Å². The average molecular weight is 241 g/mol. The van der Waals surface area contributed by atoms with E-state index in [0.29, 0.717) is 12.1 Å². The lowest BCUT2D eigenvalue weighted by Crippen LogP contribution is -2.36. The largest absolute Gasteiger partial charge is 0.274 e. The molecule has 1 amide bonds. The van der Waals surface area contributed by atoms with E-state index in [9.17, 15) is 13.2 Å². The molecule has 88 valence electrons. The Kier molecular flexibility index (Phi) is 4.06. The van der Waals surface area contributed by atoms with Gasteiger partial charge >= 0.3 is 0 Å². The van der Waals surface area contributed by atoms with E-state index in [0.717, 1.165) is 4.31 Å². The van der Waals surface area contributed by atoms with Crippen molar-refractivity contribution in [2.45, 2.75) is 20.3 Å². The summed E-state index contributed by atoms with van der Waals surface area (Å²) in [6, 6.07) is 8.39. The van der Waals surface area contributed by atoms with Crippen molar-refractivity contribution in [3.63, 3.8) is 0 Å². The Hall–Kier alpha value is -1.36. The molecular weight excluding hydrogens is 226 g/mol. The molecule has 1 aromatic rings. The van der Waals surface area contributed by atoms with Gasteiger partial charge in [-0.1, -0.05) is 25.1 Å². The van der Waals surface area contributed by atoms with Gasteiger partial charge in [-0.05, 0) is 18.6 Å². The smallest absolute Gasteiger partial charge is 0.241 e. The molecule has 0 unspecified atom stereocenters. The van der Waals surface area contributed by atoms with E-state index in [-0.39, 0.29) is 5.75 Å². The molecule has 1 aromatic carbocycles. The Balaban J connectivity index is 3.16. The van der Waals surface area contributed by atoms with Gasteiger partial charge in [0, 0.05) is 6.92 Å². The number of carbonyl (C=O) groups excluding carboxylic acids is 1. The van der Waals surface area contributed by atoms with Crippen molar-refractivity contribution in [2.75, 3.05) is 10.1 Å². The summed E-state index contributed by atoms with van der Waals surface area (Å²) in [6.07, 6.45) is 0.485. The highest BCUT2D eigenvalue weighted by Gasteiger charge is 2.25. The van der Waals surface area contributed by atoms with Crippen molar-refractivity contribution in [1.29, 1.82) is 0 Å². The van der Waals surface area contributed by atoms with Crippen LogP contribution in [-0.4, -0.2) is 20.1 Å². The van der Waals surface area contributed by atoms with Gasteiger partial charge in [-0.3, -0.25) is 4.79 Å². The molecule has 0 saturated heterocycles. The fraction of sp³-hybridized carbons (Fsp3) is 0.364. The number of anilines is 1. The van der Waals surface area contributed by atoms with E-state index in [4.69, 9.17) is 0 Å². The zero-order chi connectivity index (χ0) is 12.2. The van der Waals surface area contributed by atoms with Crippen molar-refractivity contribution in [2.24, 2.45) is 0 Å². The standard InChI is InChI=1S/C11H15NO3S/c1-3-9-16(14,15)12(10(2)13)11-7-5-4-6-8-11/h4-8H,3,9H2,1-2H3. The van der Waals surface area contributed by atoms with E-state index >= 15 is 0 Å². The van der Waals surface area contributed by atoms with E-state index in [1.807, 2.05) is 0 Å². The van der Waals surface area contributed by atoms with Gasteiger partial charge in [0.05, 0.1) is 11.4 Å². The molecule has 0 fully saturated rings. The van der Waals surface area contributed by atoms with Crippen LogP contribution in [0.5, 0.6) is 0 Å². The lowest BCUT2D eigenvalue weighted by atomic mass is 10.3. The number of hydrogen-bond donors (Lipinski definition) is 0. The summed E-state index contributed by atoms with van der Waals surface area (Å²) in [5.74, 6) is -0.513. The maximum Gasteiger partial charge on any atom is 0.241 e. The van der Waals surface area contributed by atoms with Crippen molar-refractivity contribution in [3.8, 4) is 0 Å². The van der Waals surface area contributed by atoms with Crippen LogP contribution in [0.3, 0.4) is 0 Å². The molecule has 16 heavy (non-hydrogen) atoms. The third-order valence-corrected chi connectivity index (χ3v) is 3.97. The van der Waals surface area contributed by atoms with Crippen LogP contribution in [0, 0.1) is 0 Å². The first-order valence-electron chi connectivity index (χ1n) is 5.07. The Morgan fingerprint density at radius 2 is 1.81 bits per heavy atom. The van der Waals surface area contributed by atoms with Crippen LogP contribution in [0.15, 0.2) is 30.3 Å². The minimum Gasteiger partial charge on any atom is -0.274 e. The maximum atomic E-state index is 11.9. The number of amides is 1. The fourth-order valence-corrected chi connectivity index (χ4v) is 2.98. The Morgan fingerprint density at radius 3 is 2.25 bits per heavy atom. The maximum absolute atomic E-state index is 11.9. The van der Waals surface area contributed by atoms with Crippen LogP contribution in [0.1, 0.15) is 20.3 Å². The number of carbonyl (C=O) groups is 1. The lowest BCUT2D eigenvalue weighted by Gasteiger charge is -2.20. The highest BCUT2D eigenvalue weighted by molar-refractivity contribution is 7.93. The normalized spacial score (nSPS) is 11.1. The molecule has 0 spiro atoms. The fourth-order valence-electron chi connectivity index (χ4n) is 1.45. The highest BCUT2D eigenvalue weighted by Crippen LogP contribution is 2.18. The second-order valence-electron chi connectivity index (χ2n) is 3.43. The topological polar surface area (TPSA) is 54.5 Å². The molecule has 0 aliphatic heterocycles. The molecule has 4 nitrogen and oxygen atoms in total. The molecule has 0 heterocycles. The minimum atomic E-state index is -3.54. The second-order valence-corrected chi connectivity index (χ2v) is 5.37. The van der Waals surface area contributed by atoms with E-state index in [1.165, 1.54) is 6.92 Å². The third-order valence-electron chi connectivity index (χ3n) is 2.02. The minimum absolute atomic E-state index is 0.0263. The summed E-state index contributed by atoms with van der Waals surface area (Å²) < 4.78 is 24.6. The molecule has 5 heteroatoms. The van der Waals surface area contributed by atoms with E-state index in [1.54, 1.807) is 37.3 Å². The Labute approximate surface area is 95.9 Å². The molecular formula is C11H15NO3S. The molecule has 0 N–H and O–H groups in total. The number of hydrogen-bond acceptors (Lipinski definition) is 3. The molecule has 0 aliphatic rings. The van der Waals surface area contributed by atoms with Crippen molar-refractivity contribution in [1.82, 2.24) is 0 Å². The molecule has 1 rings (SSSR count). The van der Waals surface area contributed by atoms with Crippen LogP contribution >= 0.6 is 0 Å².